The average molecular weight is 262 g/mol. The number of aryl methyl sites for hydroxylation is 1. The highest BCUT2D eigenvalue weighted by atomic mass is 16.3. The Morgan fingerprint density at radius 3 is 2.47 bits per heavy atom. The lowest BCUT2D eigenvalue weighted by Crippen LogP contribution is -2.56. The lowest BCUT2D eigenvalue weighted by atomic mass is 9.80. The summed E-state index contributed by atoms with van der Waals surface area (Å²) < 4.78 is 5.86. The molecule has 0 amide bonds. The number of nitrogens with one attached hydrogen (secondary N) is 1. The predicted molar refractivity (Wildman–Crippen MR) is 77.2 cm³/mol. The molecule has 3 heteroatoms. The quantitative estimate of drug-likeness (QED) is 0.906. The van der Waals surface area contributed by atoms with Gasteiger partial charge in [-0.2, -0.15) is 0 Å². The van der Waals surface area contributed by atoms with Gasteiger partial charge in [-0.1, -0.05) is 6.42 Å². The number of rotatable bonds is 3. The van der Waals surface area contributed by atoms with Crippen LogP contribution in [0.15, 0.2) is 16.5 Å². The molecule has 3 nitrogen and oxygen atoms in total. The maximum atomic E-state index is 5.86. The second-order valence-corrected chi connectivity index (χ2v) is 6.27. The molecule has 1 N–H and O–H groups in total. The molecular weight excluding hydrogens is 236 g/mol. The van der Waals surface area contributed by atoms with E-state index in [1.807, 2.05) is 6.92 Å². The van der Waals surface area contributed by atoms with Crippen LogP contribution < -0.4 is 5.32 Å². The van der Waals surface area contributed by atoms with Crippen molar-refractivity contribution >= 4 is 0 Å². The van der Waals surface area contributed by atoms with Gasteiger partial charge in [-0.15, -0.1) is 0 Å². The zero-order valence-corrected chi connectivity index (χ0v) is 12.4. The van der Waals surface area contributed by atoms with Crippen LogP contribution in [-0.2, 0) is 0 Å². The summed E-state index contributed by atoms with van der Waals surface area (Å²) in [6.07, 6.45) is 6.66. The number of piperidine rings is 2. The molecule has 2 fully saturated rings. The molecule has 2 aliphatic heterocycles. The van der Waals surface area contributed by atoms with E-state index in [4.69, 9.17) is 4.42 Å². The fraction of sp³-hybridized carbons (Fsp3) is 0.750. The van der Waals surface area contributed by atoms with E-state index in [2.05, 4.69) is 36.3 Å². The Morgan fingerprint density at radius 2 is 1.95 bits per heavy atom. The van der Waals surface area contributed by atoms with Crippen molar-refractivity contribution < 1.29 is 4.42 Å². The Labute approximate surface area is 116 Å². The summed E-state index contributed by atoms with van der Waals surface area (Å²) in [4.78, 5) is 2.73. The van der Waals surface area contributed by atoms with Crippen LogP contribution in [0.3, 0.4) is 0 Å². The van der Waals surface area contributed by atoms with Crippen LogP contribution in [0.2, 0.25) is 0 Å². The molecule has 2 bridgehead atoms. The topological polar surface area (TPSA) is 28.4 Å². The zero-order valence-electron chi connectivity index (χ0n) is 12.4. The minimum Gasteiger partial charge on any atom is -0.465 e. The van der Waals surface area contributed by atoms with Gasteiger partial charge in [-0.05, 0) is 58.7 Å². The van der Waals surface area contributed by atoms with Crippen molar-refractivity contribution in [3.63, 3.8) is 0 Å². The van der Waals surface area contributed by atoms with Gasteiger partial charge in [0.2, 0.25) is 0 Å². The van der Waals surface area contributed by atoms with Crippen LogP contribution in [-0.4, -0.2) is 30.1 Å². The van der Waals surface area contributed by atoms with E-state index >= 15 is 0 Å². The van der Waals surface area contributed by atoms with Gasteiger partial charge in [-0.3, -0.25) is 4.90 Å². The van der Waals surface area contributed by atoms with Gasteiger partial charge in [0.05, 0.1) is 6.04 Å². The highest BCUT2D eigenvalue weighted by molar-refractivity contribution is 5.11. The summed E-state index contributed by atoms with van der Waals surface area (Å²) in [7, 11) is 2.11. The summed E-state index contributed by atoms with van der Waals surface area (Å²) in [5.74, 6) is 2.16. The van der Waals surface area contributed by atoms with E-state index in [9.17, 15) is 0 Å². The summed E-state index contributed by atoms with van der Waals surface area (Å²) >= 11 is 0. The molecule has 0 saturated carbocycles. The van der Waals surface area contributed by atoms with Gasteiger partial charge in [0, 0.05) is 18.1 Å². The number of fused-ring (bicyclic) bond motifs is 2. The maximum Gasteiger partial charge on any atom is 0.121 e. The van der Waals surface area contributed by atoms with Gasteiger partial charge in [-0.25, -0.2) is 0 Å². The molecule has 0 spiro atoms. The fourth-order valence-electron chi connectivity index (χ4n) is 4.11. The van der Waals surface area contributed by atoms with Crippen molar-refractivity contribution in [1.29, 1.82) is 0 Å². The Morgan fingerprint density at radius 1 is 1.26 bits per heavy atom. The van der Waals surface area contributed by atoms with Crippen molar-refractivity contribution in [3.05, 3.63) is 23.7 Å². The molecule has 3 atom stereocenters. The van der Waals surface area contributed by atoms with E-state index in [-0.39, 0.29) is 0 Å². The van der Waals surface area contributed by atoms with E-state index in [0.717, 1.165) is 23.6 Å². The summed E-state index contributed by atoms with van der Waals surface area (Å²) in [6.45, 7) is 4.34. The standard InChI is InChI=1S/C16H26N2O/c1-11-7-8-16(19-11)12(2)18-14-5-4-6-15(18)10-13(9-14)17-3/h7-8,12-15,17H,4-6,9-10H2,1-3H3. The van der Waals surface area contributed by atoms with Crippen molar-refractivity contribution in [1.82, 2.24) is 10.2 Å². The van der Waals surface area contributed by atoms with Crippen molar-refractivity contribution in [2.75, 3.05) is 7.05 Å². The Kier molecular flexibility index (Phi) is 3.68. The van der Waals surface area contributed by atoms with Crippen LogP contribution in [0.25, 0.3) is 0 Å². The van der Waals surface area contributed by atoms with Gasteiger partial charge in [0.25, 0.3) is 0 Å². The first-order chi connectivity index (χ1) is 9.19. The smallest absolute Gasteiger partial charge is 0.121 e. The van der Waals surface area contributed by atoms with Gasteiger partial charge in [0.1, 0.15) is 11.5 Å². The molecule has 0 aromatic carbocycles. The third-order valence-electron chi connectivity index (χ3n) is 5.06. The zero-order chi connectivity index (χ0) is 13.4. The minimum atomic E-state index is 0.418. The molecule has 1 aromatic rings. The average Bonchev–Trinajstić information content (AvgIpc) is 2.83. The maximum absolute atomic E-state index is 5.86. The van der Waals surface area contributed by atoms with Crippen LogP contribution in [0.5, 0.6) is 0 Å². The van der Waals surface area contributed by atoms with Crippen molar-refractivity contribution in [3.8, 4) is 0 Å². The molecule has 2 aliphatic rings. The molecule has 0 radical (unpaired) electrons. The molecule has 0 aliphatic carbocycles. The third kappa shape index (κ3) is 2.46. The first kappa shape index (κ1) is 13.2. The summed E-state index contributed by atoms with van der Waals surface area (Å²) in [5.41, 5.74) is 0. The minimum absolute atomic E-state index is 0.418. The summed E-state index contributed by atoms with van der Waals surface area (Å²) in [5, 5.41) is 3.49. The van der Waals surface area contributed by atoms with Gasteiger partial charge < -0.3 is 9.73 Å². The molecule has 3 heterocycles. The monoisotopic (exact) mass is 262 g/mol. The second-order valence-electron chi connectivity index (χ2n) is 6.27. The highest BCUT2D eigenvalue weighted by Gasteiger charge is 2.40. The fourth-order valence-corrected chi connectivity index (χ4v) is 4.11. The largest absolute Gasteiger partial charge is 0.465 e. The molecule has 1 aromatic heterocycles. The second kappa shape index (κ2) is 5.29. The van der Waals surface area contributed by atoms with Crippen LogP contribution in [0.1, 0.15) is 56.6 Å². The van der Waals surface area contributed by atoms with E-state index in [1.54, 1.807) is 0 Å². The van der Waals surface area contributed by atoms with Gasteiger partial charge in [0.15, 0.2) is 0 Å². The Bertz CT molecular complexity index is 414. The Balaban J connectivity index is 1.80. The SMILES string of the molecule is CNC1CC2CCCC(C1)N2C(C)c1ccc(C)o1. The van der Waals surface area contributed by atoms with Crippen LogP contribution in [0.4, 0.5) is 0 Å². The molecule has 19 heavy (non-hydrogen) atoms. The number of nitrogens with zero attached hydrogens (tertiary/aromatic N) is 1. The molecule has 3 unspecified atom stereocenters. The molecule has 3 rings (SSSR count). The van der Waals surface area contributed by atoms with E-state index < -0.39 is 0 Å². The van der Waals surface area contributed by atoms with E-state index in [0.29, 0.717) is 12.1 Å². The lowest BCUT2D eigenvalue weighted by Gasteiger charge is -2.51. The summed E-state index contributed by atoms with van der Waals surface area (Å²) in [6, 6.07) is 6.82. The molecule has 2 saturated heterocycles. The first-order valence-electron chi connectivity index (χ1n) is 7.70. The lowest BCUT2D eigenvalue weighted by molar-refractivity contribution is -0.0115. The third-order valence-corrected chi connectivity index (χ3v) is 5.06. The Hall–Kier alpha value is -0.800. The predicted octanol–water partition coefficient (Wildman–Crippen LogP) is 3.25. The highest BCUT2D eigenvalue weighted by Crippen LogP contribution is 2.40. The van der Waals surface area contributed by atoms with E-state index in [1.165, 1.54) is 32.1 Å². The molecular formula is C16H26N2O. The van der Waals surface area contributed by atoms with Crippen LogP contribution in [0, 0.1) is 6.92 Å². The van der Waals surface area contributed by atoms with Crippen molar-refractivity contribution in [2.45, 2.75) is 70.1 Å². The first-order valence-corrected chi connectivity index (χ1v) is 7.70. The number of hydrogen-bond acceptors (Lipinski definition) is 3. The number of hydrogen-bond donors (Lipinski definition) is 1. The van der Waals surface area contributed by atoms with Crippen molar-refractivity contribution in [2.24, 2.45) is 0 Å². The molecule has 106 valence electrons. The van der Waals surface area contributed by atoms with Crippen LogP contribution >= 0.6 is 0 Å². The normalized spacial score (nSPS) is 33.3. The number of furan rings is 1. The van der Waals surface area contributed by atoms with Gasteiger partial charge >= 0.3 is 0 Å².